The van der Waals surface area contributed by atoms with Gasteiger partial charge in [-0.15, -0.1) is 0 Å². The standard InChI is InChI=1S/C11H13BrN2/c12-10-2-1-8-7-13-4-6-14-5-3-9(10)11(8)14/h1-2,13H,3-7H2. The number of nitrogens with zero attached hydrogens (tertiary/aromatic N) is 1. The van der Waals surface area contributed by atoms with Crippen LogP contribution in [0.2, 0.25) is 0 Å². The summed E-state index contributed by atoms with van der Waals surface area (Å²) in [6, 6.07) is 4.42. The molecule has 1 aromatic rings. The Kier molecular flexibility index (Phi) is 2.03. The van der Waals surface area contributed by atoms with Crippen LogP contribution in [0.15, 0.2) is 16.6 Å². The molecular formula is C11H13BrN2. The van der Waals surface area contributed by atoms with Gasteiger partial charge in [-0.25, -0.2) is 0 Å². The number of halogens is 1. The lowest BCUT2D eigenvalue weighted by Crippen LogP contribution is -2.27. The molecule has 0 amide bonds. The predicted molar refractivity (Wildman–Crippen MR) is 61.8 cm³/mol. The highest BCUT2D eigenvalue weighted by Gasteiger charge is 2.25. The normalized spacial score (nSPS) is 19.4. The second kappa shape index (κ2) is 3.24. The van der Waals surface area contributed by atoms with Crippen LogP contribution in [0.1, 0.15) is 11.1 Å². The van der Waals surface area contributed by atoms with E-state index in [1.807, 2.05) is 0 Å². The SMILES string of the molecule is Brc1ccc2c3c1CCN3CCNC2. The summed E-state index contributed by atoms with van der Waals surface area (Å²) in [6.45, 7) is 4.46. The van der Waals surface area contributed by atoms with Crippen LogP contribution in [0.3, 0.4) is 0 Å². The molecular weight excluding hydrogens is 240 g/mol. The van der Waals surface area contributed by atoms with E-state index in [9.17, 15) is 0 Å². The highest BCUT2D eigenvalue weighted by Crippen LogP contribution is 2.37. The quantitative estimate of drug-likeness (QED) is 0.759. The van der Waals surface area contributed by atoms with E-state index >= 15 is 0 Å². The van der Waals surface area contributed by atoms with Crippen molar-refractivity contribution in [3.63, 3.8) is 0 Å². The molecule has 0 unspecified atom stereocenters. The molecule has 74 valence electrons. The molecule has 2 heterocycles. The van der Waals surface area contributed by atoms with Gasteiger partial charge in [-0.3, -0.25) is 0 Å². The van der Waals surface area contributed by atoms with Gasteiger partial charge in [0.2, 0.25) is 0 Å². The maximum absolute atomic E-state index is 3.64. The van der Waals surface area contributed by atoms with E-state index in [0.717, 1.165) is 19.6 Å². The molecule has 2 nitrogen and oxygen atoms in total. The van der Waals surface area contributed by atoms with Crippen molar-refractivity contribution in [3.05, 3.63) is 27.7 Å². The van der Waals surface area contributed by atoms with Crippen molar-refractivity contribution in [1.29, 1.82) is 0 Å². The molecule has 1 N–H and O–H groups in total. The summed E-state index contributed by atoms with van der Waals surface area (Å²) in [5.41, 5.74) is 4.45. The molecule has 0 spiro atoms. The number of hydrogen-bond acceptors (Lipinski definition) is 2. The smallest absolute Gasteiger partial charge is 0.0456 e. The van der Waals surface area contributed by atoms with Crippen molar-refractivity contribution in [2.75, 3.05) is 24.5 Å². The van der Waals surface area contributed by atoms with Gasteiger partial charge in [0.15, 0.2) is 0 Å². The van der Waals surface area contributed by atoms with Crippen molar-refractivity contribution in [1.82, 2.24) is 5.32 Å². The molecule has 0 bridgehead atoms. The third-order valence-corrected chi connectivity index (χ3v) is 3.87. The molecule has 1 aromatic carbocycles. The van der Waals surface area contributed by atoms with Crippen LogP contribution >= 0.6 is 15.9 Å². The Balaban J connectivity index is 2.20. The Morgan fingerprint density at radius 2 is 2.21 bits per heavy atom. The van der Waals surface area contributed by atoms with Crippen LogP contribution in [-0.2, 0) is 13.0 Å². The summed E-state index contributed by atoms with van der Waals surface area (Å²) in [7, 11) is 0. The fourth-order valence-corrected chi connectivity index (χ4v) is 2.97. The van der Waals surface area contributed by atoms with E-state index in [0.29, 0.717) is 0 Å². The Labute approximate surface area is 92.4 Å². The maximum atomic E-state index is 3.64. The van der Waals surface area contributed by atoms with Gasteiger partial charge in [-0.2, -0.15) is 0 Å². The topological polar surface area (TPSA) is 15.3 Å². The van der Waals surface area contributed by atoms with Gasteiger partial charge in [0.25, 0.3) is 0 Å². The molecule has 0 radical (unpaired) electrons. The summed E-state index contributed by atoms with van der Waals surface area (Å²) in [6.07, 6.45) is 1.20. The van der Waals surface area contributed by atoms with E-state index in [1.54, 1.807) is 0 Å². The maximum Gasteiger partial charge on any atom is 0.0456 e. The number of hydrogen-bond donors (Lipinski definition) is 1. The molecule has 0 aromatic heterocycles. The summed E-state index contributed by atoms with van der Waals surface area (Å²) in [4.78, 5) is 2.51. The molecule has 0 atom stereocenters. The summed E-state index contributed by atoms with van der Waals surface area (Å²) >= 11 is 3.64. The summed E-state index contributed by atoms with van der Waals surface area (Å²) < 4.78 is 1.28. The molecule has 0 fully saturated rings. The zero-order valence-corrected chi connectivity index (χ0v) is 9.60. The molecule has 2 aliphatic heterocycles. The fourth-order valence-electron chi connectivity index (χ4n) is 2.45. The van der Waals surface area contributed by atoms with E-state index < -0.39 is 0 Å². The molecule has 3 rings (SSSR count). The zero-order valence-electron chi connectivity index (χ0n) is 8.02. The fraction of sp³-hybridized carbons (Fsp3) is 0.455. The number of nitrogens with one attached hydrogen (secondary N) is 1. The van der Waals surface area contributed by atoms with E-state index in [1.165, 1.54) is 34.3 Å². The summed E-state index contributed by atoms with van der Waals surface area (Å²) in [5.74, 6) is 0. The van der Waals surface area contributed by atoms with Crippen LogP contribution in [0.5, 0.6) is 0 Å². The number of benzene rings is 1. The van der Waals surface area contributed by atoms with Gasteiger partial charge >= 0.3 is 0 Å². The predicted octanol–water partition coefficient (Wildman–Crippen LogP) is 1.91. The minimum absolute atomic E-state index is 1.02. The lowest BCUT2D eigenvalue weighted by Gasteiger charge is -2.18. The third-order valence-electron chi connectivity index (χ3n) is 3.13. The van der Waals surface area contributed by atoms with Gasteiger partial charge < -0.3 is 10.2 Å². The molecule has 2 aliphatic rings. The average Bonchev–Trinajstić information content (AvgIpc) is 2.51. The van der Waals surface area contributed by atoms with Crippen LogP contribution in [0, 0.1) is 0 Å². The van der Waals surface area contributed by atoms with Crippen LogP contribution in [0.25, 0.3) is 0 Å². The van der Waals surface area contributed by atoms with Crippen molar-refractivity contribution in [2.45, 2.75) is 13.0 Å². The highest BCUT2D eigenvalue weighted by molar-refractivity contribution is 9.10. The Bertz CT molecular complexity index is 376. The van der Waals surface area contributed by atoms with Gasteiger partial charge in [0.1, 0.15) is 0 Å². The van der Waals surface area contributed by atoms with Gasteiger partial charge in [0.05, 0.1) is 0 Å². The summed E-state index contributed by atoms with van der Waals surface area (Å²) in [5, 5.41) is 3.46. The van der Waals surface area contributed by atoms with Gasteiger partial charge in [0, 0.05) is 36.3 Å². The van der Waals surface area contributed by atoms with E-state index in [2.05, 4.69) is 38.3 Å². The first kappa shape index (κ1) is 8.74. The first-order valence-electron chi connectivity index (χ1n) is 5.12. The lowest BCUT2D eigenvalue weighted by atomic mass is 10.1. The van der Waals surface area contributed by atoms with E-state index in [-0.39, 0.29) is 0 Å². The second-order valence-electron chi connectivity index (χ2n) is 3.95. The molecule has 0 saturated heterocycles. The molecule has 0 aliphatic carbocycles. The second-order valence-corrected chi connectivity index (χ2v) is 4.80. The Hall–Kier alpha value is -0.540. The average molecular weight is 253 g/mol. The minimum atomic E-state index is 1.02. The largest absolute Gasteiger partial charge is 0.369 e. The molecule has 0 saturated carbocycles. The minimum Gasteiger partial charge on any atom is -0.369 e. The van der Waals surface area contributed by atoms with Crippen molar-refractivity contribution in [2.24, 2.45) is 0 Å². The van der Waals surface area contributed by atoms with Gasteiger partial charge in [-0.1, -0.05) is 22.0 Å². The zero-order chi connectivity index (χ0) is 9.54. The monoisotopic (exact) mass is 252 g/mol. The first-order valence-corrected chi connectivity index (χ1v) is 5.91. The van der Waals surface area contributed by atoms with Crippen molar-refractivity contribution in [3.8, 4) is 0 Å². The Morgan fingerprint density at radius 1 is 1.29 bits per heavy atom. The number of rotatable bonds is 0. The van der Waals surface area contributed by atoms with Crippen LogP contribution in [-0.4, -0.2) is 19.6 Å². The van der Waals surface area contributed by atoms with Crippen LogP contribution < -0.4 is 10.2 Å². The first-order chi connectivity index (χ1) is 6.86. The van der Waals surface area contributed by atoms with Gasteiger partial charge in [-0.05, 0) is 23.6 Å². The third kappa shape index (κ3) is 1.19. The number of anilines is 1. The Morgan fingerprint density at radius 3 is 3.14 bits per heavy atom. The highest BCUT2D eigenvalue weighted by atomic mass is 79.9. The van der Waals surface area contributed by atoms with Crippen molar-refractivity contribution < 1.29 is 0 Å². The lowest BCUT2D eigenvalue weighted by molar-refractivity contribution is 0.692. The van der Waals surface area contributed by atoms with E-state index in [4.69, 9.17) is 0 Å². The molecule has 3 heteroatoms. The molecule has 14 heavy (non-hydrogen) atoms. The van der Waals surface area contributed by atoms with Crippen molar-refractivity contribution >= 4 is 21.6 Å². The van der Waals surface area contributed by atoms with Crippen LogP contribution in [0.4, 0.5) is 5.69 Å².